The Morgan fingerprint density at radius 3 is 2.48 bits per heavy atom. The van der Waals surface area contributed by atoms with Crippen molar-refractivity contribution < 1.29 is 13.6 Å². The molecule has 0 fully saturated rings. The number of halogens is 2. The van der Waals surface area contributed by atoms with E-state index in [0.29, 0.717) is 5.03 Å². The summed E-state index contributed by atoms with van der Waals surface area (Å²) in [6, 6.07) is 10.5. The van der Waals surface area contributed by atoms with Gasteiger partial charge in [0.1, 0.15) is 16.7 Å². The van der Waals surface area contributed by atoms with Gasteiger partial charge >= 0.3 is 0 Å². The van der Waals surface area contributed by atoms with Crippen molar-refractivity contribution in [1.29, 1.82) is 0 Å². The molecular weight excluding hydrogens is 344 g/mol. The van der Waals surface area contributed by atoms with Gasteiger partial charge in [0.05, 0.1) is 27.7 Å². The Hall–Kier alpha value is -2.54. The smallest absolute Gasteiger partial charge is 0.237 e. The number of carbonyl (C=O) groups excluding carboxylic acids is 1. The molecule has 1 N–H and O–H groups in total. The van der Waals surface area contributed by atoms with Crippen molar-refractivity contribution >= 4 is 34.4 Å². The van der Waals surface area contributed by atoms with Crippen LogP contribution in [0, 0.1) is 18.6 Å². The summed E-state index contributed by atoms with van der Waals surface area (Å²) >= 11 is 1.24. The molecule has 0 bridgehead atoms. The molecule has 2 aromatic carbocycles. The van der Waals surface area contributed by atoms with Crippen LogP contribution in [0.3, 0.4) is 0 Å². The van der Waals surface area contributed by atoms with E-state index < -0.39 is 22.8 Å². The van der Waals surface area contributed by atoms with Crippen LogP contribution in [-0.2, 0) is 4.79 Å². The van der Waals surface area contributed by atoms with Crippen molar-refractivity contribution in [1.82, 2.24) is 9.97 Å². The van der Waals surface area contributed by atoms with Gasteiger partial charge in [-0.25, -0.2) is 18.7 Å². The van der Waals surface area contributed by atoms with E-state index in [1.54, 1.807) is 6.92 Å². The lowest BCUT2D eigenvalue weighted by atomic mass is 10.3. The Morgan fingerprint density at radius 2 is 1.80 bits per heavy atom. The van der Waals surface area contributed by atoms with Gasteiger partial charge in [0, 0.05) is 6.07 Å². The van der Waals surface area contributed by atoms with E-state index in [0.717, 1.165) is 28.9 Å². The number of benzene rings is 2. The molecule has 1 atom stereocenters. The molecular formula is C18H15F2N3OS. The third kappa shape index (κ3) is 3.93. The van der Waals surface area contributed by atoms with Crippen molar-refractivity contribution in [2.75, 3.05) is 5.32 Å². The first kappa shape index (κ1) is 17.3. The minimum Gasteiger partial charge on any atom is -0.323 e. The van der Waals surface area contributed by atoms with Gasteiger partial charge in [-0.3, -0.25) is 4.79 Å². The van der Waals surface area contributed by atoms with Crippen molar-refractivity contribution in [3.8, 4) is 0 Å². The molecule has 25 heavy (non-hydrogen) atoms. The van der Waals surface area contributed by atoms with Crippen LogP contribution in [0.2, 0.25) is 0 Å². The Morgan fingerprint density at radius 1 is 1.12 bits per heavy atom. The van der Waals surface area contributed by atoms with Crippen LogP contribution in [0.15, 0.2) is 47.5 Å². The Balaban J connectivity index is 1.76. The van der Waals surface area contributed by atoms with E-state index >= 15 is 0 Å². The van der Waals surface area contributed by atoms with Gasteiger partial charge in [-0.1, -0.05) is 23.9 Å². The van der Waals surface area contributed by atoms with Crippen molar-refractivity contribution in [2.45, 2.75) is 24.1 Å². The second kappa shape index (κ2) is 7.14. The third-order valence-corrected chi connectivity index (χ3v) is 4.73. The monoisotopic (exact) mass is 359 g/mol. The van der Waals surface area contributed by atoms with Crippen LogP contribution in [-0.4, -0.2) is 21.1 Å². The van der Waals surface area contributed by atoms with Gasteiger partial charge in [-0.15, -0.1) is 0 Å². The predicted molar refractivity (Wildman–Crippen MR) is 94.6 cm³/mol. The molecule has 0 aliphatic heterocycles. The summed E-state index contributed by atoms with van der Waals surface area (Å²) in [5, 5.41) is 2.58. The van der Waals surface area contributed by atoms with Gasteiger partial charge in [0.15, 0.2) is 0 Å². The van der Waals surface area contributed by atoms with Crippen molar-refractivity contribution in [3.05, 3.63) is 59.8 Å². The molecule has 0 saturated carbocycles. The lowest BCUT2D eigenvalue weighted by Crippen LogP contribution is -2.23. The summed E-state index contributed by atoms with van der Waals surface area (Å²) in [6.07, 6.45) is 0. The molecule has 0 radical (unpaired) electrons. The normalized spacial score (nSPS) is 12.2. The topological polar surface area (TPSA) is 54.9 Å². The van der Waals surface area contributed by atoms with Gasteiger partial charge < -0.3 is 5.32 Å². The zero-order chi connectivity index (χ0) is 18.0. The number of aromatic nitrogens is 2. The predicted octanol–water partition coefficient (Wildman–Crippen LogP) is 4.34. The fraction of sp³-hybridized carbons (Fsp3) is 0.167. The standard InChI is InChI=1S/C18H15F2N3OS/c1-10-18(23-16-6-4-3-5-15(16)21-10)25-11(2)17(24)22-14-8-7-12(19)9-13(14)20/h3-9,11H,1-2H3,(H,22,24). The number of amides is 1. The lowest BCUT2D eigenvalue weighted by Gasteiger charge is -2.13. The Kier molecular flexibility index (Phi) is 4.94. The Labute approximate surface area is 147 Å². The molecule has 1 unspecified atom stereocenters. The minimum atomic E-state index is -0.813. The molecule has 0 saturated heterocycles. The molecule has 3 aromatic rings. The van der Waals surface area contributed by atoms with E-state index in [1.165, 1.54) is 17.8 Å². The zero-order valence-electron chi connectivity index (χ0n) is 13.6. The molecule has 3 rings (SSSR count). The van der Waals surface area contributed by atoms with Crippen LogP contribution in [0.5, 0.6) is 0 Å². The summed E-state index contributed by atoms with van der Waals surface area (Å²) in [7, 11) is 0. The summed E-state index contributed by atoms with van der Waals surface area (Å²) in [6.45, 7) is 3.52. The van der Waals surface area contributed by atoms with Crippen LogP contribution in [0.1, 0.15) is 12.6 Å². The van der Waals surface area contributed by atoms with E-state index in [1.807, 2.05) is 31.2 Å². The minimum absolute atomic E-state index is 0.0554. The number of para-hydroxylation sites is 2. The molecule has 4 nitrogen and oxygen atoms in total. The molecule has 1 amide bonds. The maximum Gasteiger partial charge on any atom is 0.237 e. The van der Waals surface area contributed by atoms with Crippen LogP contribution in [0.25, 0.3) is 11.0 Å². The summed E-state index contributed by atoms with van der Waals surface area (Å²) in [5.74, 6) is -1.91. The Bertz CT molecular complexity index is 949. The molecule has 1 aromatic heterocycles. The number of rotatable bonds is 4. The average molecular weight is 359 g/mol. The fourth-order valence-electron chi connectivity index (χ4n) is 2.23. The molecule has 0 aliphatic rings. The fourth-order valence-corrected chi connectivity index (χ4v) is 3.10. The summed E-state index contributed by atoms with van der Waals surface area (Å²) in [5.41, 5.74) is 2.19. The number of fused-ring (bicyclic) bond motifs is 1. The largest absolute Gasteiger partial charge is 0.323 e. The van der Waals surface area contributed by atoms with E-state index in [-0.39, 0.29) is 5.69 Å². The first-order valence-corrected chi connectivity index (χ1v) is 8.48. The SMILES string of the molecule is Cc1nc2ccccc2nc1SC(C)C(=O)Nc1ccc(F)cc1F. The van der Waals surface area contributed by atoms with E-state index in [9.17, 15) is 13.6 Å². The number of hydrogen-bond donors (Lipinski definition) is 1. The number of thioether (sulfide) groups is 1. The highest BCUT2D eigenvalue weighted by Crippen LogP contribution is 2.27. The summed E-state index contributed by atoms with van der Waals surface area (Å²) in [4.78, 5) is 21.3. The van der Waals surface area contributed by atoms with Gasteiger partial charge in [0.2, 0.25) is 5.91 Å². The van der Waals surface area contributed by atoms with Crippen molar-refractivity contribution in [2.24, 2.45) is 0 Å². The quantitative estimate of drug-likeness (QED) is 0.704. The van der Waals surface area contributed by atoms with Gasteiger partial charge in [-0.2, -0.15) is 0 Å². The average Bonchev–Trinajstić information content (AvgIpc) is 2.58. The van der Waals surface area contributed by atoms with E-state index in [2.05, 4.69) is 15.3 Å². The van der Waals surface area contributed by atoms with Crippen molar-refractivity contribution in [3.63, 3.8) is 0 Å². The van der Waals surface area contributed by atoms with Gasteiger partial charge in [0.25, 0.3) is 0 Å². The van der Waals surface area contributed by atoms with Gasteiger partial charge in [-0.05, 0) is 38.1 Å². The highest BCUT2D eigenvalue weighted by Gasteiger charge is 2.19. The molecule has 128 valence electrons. The number of hydrogen-bond acceptors (Lipinski definition) is 4. The number of nitrogens with one attached hydrogen (secondary N) is 1. The third-order valence-electron chi connectivity index (χ3n) is 3.55. The molecule has 1 heterocycles. The highest BCUT2D eigenvalue weighted by atomic mass is 32.2. The maximum atomic E-state index is 13.7. The van der Waals surface area contributed by atoms with Crippen LogP contribution < -0.4 is 5.32 Å². The number of anilines is 1. The molecule has 7 heteroatoms. The van der Waals surface area contributed by atoms with Crippen LogP contribution >= 0.6 is 11.8 Å². The van der Waals surface area contributed by atoms with Crippen LogP contribution in [0.4, 0.5) is 14.5 Å². The first-order chi connectivity index (χ1) is 11.9. The lowest BCUT2D eigenvalue weighted by molar-refractivity contribution is -0.115. The number of nitrogens with zero attached hydrogens (tertiary/aromatic N) is 2. The van der Waals surface area contributed by atoms with E-state index in [4.69, 9.17) is 0 Å². The number of aryl methyl sites for hydroxylation is 1. The number of carbonyl (C=O) groups is 1. The zero-order valence-corrected chi connectivity index (χ0v) is 14.4. The maximum absolute atomic E-state index is 13.7. The second-order valence-electron chi connectivity index (χ2n) is 5.48. The molecule has 0 aliphatic carbocycles. The first-order valence-electron chi connectivity index (χ1n) is 7.60. The second-order valence-corrected chi connectivity index (χ2v) is 6.81. The highest BCUT2D eigenvalue weighted by molar-refractivity contribution is 8.00. The summed E-state index contributed by atoms with van der Waals surface area (Å²) < 4.78 is 26.6. The molecule has 0 spiro atoms.